The van der Waals surface area contributed by atoms with E-state index in [9.17, 15) is 4.79 Å². The summed E-state index contributed by atoms with van der Waals surface area (Å²) in [6, 6.07) is 0.338. The quantitative estimate of drug-likeness (QED) is 0.748. The molecule has 1 aliphatic carbocycles. The number of nitrogens with zero attached hydrogens (tertiary/aromatic N) is 1. The van der Waals surface area contributed by atoms with Gasteiger partial charge in [0.2, 0.25) is 5.91 Å². The molecule has 1 heterocycles. The minimum Gasteiger partial charge on any atom is -0.362 e. The van der Waals surface area contributed by atoms with Crippen molar-refractivity contribution in [3.63, 3.8) is 0 Å². The molecule has 0 aromatic rings. The van der Waals surface area contributed by atoms with E-state index in [0.29, 0.717) is 0 Å². The molecule has 2 aliphatic rings. The number of rotatable bonds is 2. The van der Waals surface area contributed by atoms with Crippen LogP contribution < -0.4 is 5.32 Å². The van der Waals surface area contributed by atoms with Gasteiger partial charge < -0.3 is 10.2 Å². The average Bonchev–Trinajstić information content (AvgIpc) is 2.27. The Morgan fingerprint density at radius 2 is 2.33 bits per heavy atom. The zero-order valence-corrected chi connectivity index (χ0v) is 9.62. The van der Waals surface area contributed by atoms with E-state index in [4.69, 9.17) is 0 Å². The zero-order valence-electron chi connectivity index (χ0n) is 9.62. The van der Waals surface area contributed by atoms with Crippen LogP contribution in [0.5, 0.6) is 0 Å². The largest absolute Gasteiger partial charge is 0.362 e. The van der Waals surface area contributed by atoms with Crippen molar-refractivity contribution in [2.45, 2.75) is 51.6 Å². The highest BCUT2D eigenvalue weighted by molar-refractivity contribution is 5.84. The lowest BCUT2D eigenvalue weighted by Gasteiger charge is -2.43. The first-order valence-electron chi connectivity index (χ1n) is 6.05. The number of piperazine rings is 1. The topological polar surface area (TPSA) is 32.3 Å². The van der Waals surface area contributed by atoms with Crippen LogP contribution in [0.2, 0.25) is 0 Å². The number of allylic oxidation sites excluding steroid dienone is 1. The van der Waals surface area contributed by atoms with Crippen LogP contribution >= 0.6 is 0 Å². The van der Waals surface area contributed by atoms with Crippen LogP contribution in [-0.2, 0) is 4.79 Å². The number of likely N-dealkylation sites (N-methyl/N-ethyl adjacent to an activating group) is 1. The van der Waals surface area contributed by atoms with Crippen molar-refractivity contribution in [2.75, 3.05) is 6.54 Å². The molecule has 3 nitrogen and oxygen atoms in total. The second kappa shape index (κ2) is 4.25. The first-order valence-corrected chi connectivity index (χ1v) is 6.05. The summed E-state index contributed by atoms with van der Waals surface area (Å²) in [5.74, 6) is 0.211. The van der Waals surface area contributed by atoms with Crippen molar-refractivity contribution in [3.8, 4) is 0 Å². The Balaban J connectivity index is 2.26. The van der Waals surface area contributed by atoms with Crippen LogP contribution in [0.15, 0.2) is 11.8 Å². The van der Waals surface area contributed by atoms with E-state index in [0.717, 1.165) is 25.8 Å². The van der Waals surface area contributed by atoms with Crippen LogP contribution in [-0.4, -0.2) is 29.4 Å². The fourth-order valence-corrected chi connectivity index (χ4v) is 2.72. The van der Waals surface area contributed by atoms with E-state index >= 15 is 0 Å². The molecule has 1 aliphatic heterocycles. The molecular weight excluding hydrogens is 188 g/mol. The predicted octanol–water partition coefficient (Wildman–Crippen LogP) is 1.65. The Hall–Kier alpha value is -0.990. The lowest BCUT2D eigenvalue weighted by atomic mass is 9.93. The van der Waals surface area contributed by atoms with Gasteiger partial charge in [-0.3, -0.25) is 4.79 Å². The standard InChI is InChI=1S/C12H20N2O/c1-3-10-12(15)13-9-7-5-6-8-11(9)14(10)4-2/h8-10H,3-7H2,1-2H3,(H,13,15). The maximum Gasteiger partial charge on any atom is 0.243 e. The molecule has 1 N–H and O–H groups in total. The zero-order chi connectivity index (χ0) is 10.8. The van der Waals surface area contributed by atoms with E-state index in [1.807, 2.05) is 0 Å². The molecule has 0 radical (unpaired) electrons. The molecule has 0 spiro atoms. The van der Waals surface area contributed by atoms with Crippen molar-refractivity contribution in [2.24, 2.45) is 0 Å². The Bertz CT molecular complexity index is 285. The summed E-state index contributed by atoms with van der Waals surface area (Å²) in [6.07, 6.45) is 6.66. The third kappa shape index (κ3) is 1.75. The molecule has 1 fully saturated rings. The van der Waals surface area contributed by atoms with Gasteiger partial charge in [0.1, 0.15) is 6.04 Å². The van der Waals surface area contributed by atoms with Gasteiger partial charge in [-0.05, 0) is 32.6 Å². The van der Waals surface area contributed by atoms with Crippen molar-refractivity contribution >= 4 is 5.91 Å². The molecule has 0 bridgehead atoms. The fraction of sp³-hybridized carbons (Fsp3) is 0.750. The molecule has 84 valence electrons. The third-order valence-corrected chi connectivity index (χ3v) is 3.46. The Labute approximate surface area is 91.5 Å². The Morgan fingerprint density at radius 1 is 1.53 bits per heavy atom. The summed E-state index contributed by atoms with van der Waals surface area (Å²) < 4.78 is 0. The fourth-order valence-electron chi connectivity index (χ4n) is 2.72. The van der Waals surface area contributed by atoms with E-state index in [2.05, 4.69) is 30.1 Å². The third-order valence-electron chi connectivity index (χ3n) is 3.46. The maximum absolute atomic E-state index is 11.9. The van der Waals surface area contributed by atoms with E-state index < -0.39 is 0 Å². The van der Waals surface area contributed by atoms with Crippen LogP contribution in [0.4, 0.5) is 0 Å². The van der Waals surface area contributed by atoms with Crippen molar-refractivity contribution in [1.29, 1.82) is 0 Å². The van der Waals surface area contributed by atoms with Crippen LogP contribution in [0, 0.1) is 0 Å². The number of carbonyl (C=O) groups excluding carboxylic acids is 1. The van der Waals surface area contributed by atoms with E-state index in [1.165, 1.54) is 12.1 Å². The first kappa shape index (κ1) is 10.5. The summed E-state index contributed by atoms with van der Waals surface area (Å²) in [4.78, 5) is 14.1. The lowest BCUT2D eigenvalue weighted by Crippen LogP contribution is -2.58. The van der Waals surface area contributed by atoms with Gasteiger partial charge in [-0.2, -0.15) is 0 Å². The molecule has 2 rings (SSSR count). The number of nitrogens with one attached hydrogen (secondary N) is 1. The Kier molecular flexibility index (Phi) is 2.98. The molecule has 2 unspecified atom stereocenters. The normalized spacial score (nSPS) is 30.7. The molecule has 1 saturated heterocycles. The van der Waals surface area contributed by atoms with Gasteiger partial charge in [-0.15, -0.1) is 0 Å². The Morgan fingerprint density at radius 3 is 3.00 bits per heavy atom. The summed E-state index contributed by atoms with van der Waals surface area (Å²) in [5.41, 5.74) is 1.36. The van der Waals surface area contributed by atoms with Crippen molar-refractivity contribution in [1.82, 2.24) is 10.2 Å². The molecule has 0 aromatic heterocycles. The van der Waals surface area contributed by atoms with Crippen LogP contribution in [0.25, 0.3) is 0 Å². The molecule has 0 aromatic carbocycles. The van der Waals surface area contributed by atoms with Crippen molar-refractivity contribution < 1.29 is 4.79 Å². The highest BCUT2D eigenvalue weighted by atomic mass is 16.2. The molecule has 0 saturated carbocycles. The highest BCUT2D eigenvalue weighted by Crippen LogP contribution is 2.28. The van der Waals surface area contributed by atoms with Crippen molar-refractivity contribution in [3.05, 3.63) is 11.8 Å². The molecule has 3 heteroatoms. The second-order valence-electron chi connectivity index (χ2n) is 4.33. The summed E-state index contributed by atoms with van der Waals surface area (Å²) in [5, 5.41) is 3.13. The van der Waals surface area contributed by atoms with E-state index in [-0.39, 0.29) is 18.0 Å². The molecule has 2 atom stereocenters. The highest BCUT2D eigenvalue weighted by Gasteiger charge is 2.36. The summed E-state index contributed by atoms with van der Waals surface area (Å²) in [7, 11) is 0. The van der Waals surface area contributed by atoms with E-state index in [1.54, 1.807) is 0 Å². The van der Waals surface area contributed by atoms with Gasteiger partial charge in [0.05, 0.1) is 6.04 Å². The van der Waals surface area contributed by atoms with Gasteiger partial charge in [-0.1, -0.05) is 13.0 Å². The average molecular weight is 208 g/mol. The minimum absolute atomic E-state index is 0.0515. The van der Waals surface area contributed by atoms with Crippen LogP contribution in [0.3, 0.4) is 0 Å². The predicted molar refractivity (Wildman–Crippen MR) is 60.3 cm³/mol. The number of fused-ring (bicyclic) bond motifs is 1. The first-order chi connectivity index (χ1) is 7.27. The molecule has 1 amide bonds. The lowest BCUT2D eigenvalue weighted by molar-refractivity contribution is -0.129. The smallest absolute Gasteiger partial charge is 0.243 e. The number of hydrogen-bond donors (Lipinski definition) is 1. The SMILES string of the molecule is CCC1C(=O)NC2CCCC=C2N1CC. The van der Waals surface area contributed by atoms with Gasteiger partial charge in [0, 0.05) is 12.2 Å². The van der Waals surface area contributed by atoms with Gasteiger partial charge >= 0.3 is 0 Å². The monoisotopic (exact) mass is 208 g/mol. The maximum atomic E-state index is 11.9. The van der Waals surface area contributed by atoms with Crippen LogP contribution in [0.1, 0.15) is 39.5 Å². The van der Waals surface area contributed by atoms with Gasteiger partial charge in [0.25, 0.3) is 0 Å². The second-order valence-corrected chi connectivity index (χ2v) is 4.33. The summed E-state index contributed by atoms with van der Waals surface area (Å²) in [6.45, 7) is 5.15. The minimum atomic E-state index is 0.0515. The summed E-state index contributed by atoms with van der Waals surface area (Å²) >= 11 is 0. The van der Waals surface area contributed by atoms with Gasteiger partial charge in [-0.25, -0.2) is 0 Å². The molecule has 15 heavy (non-hydrogen) atoms. The molecular formula is C12H20N2O. The number of amides is 1. The van der Waals surface area contributed by atoms with Gasteiger partial charge in [0.15, 0.2) is 0 Å². The number of carbonyl (C=O) groups is 1. The number of hydrogen-bond acceptors (Lipinski definition) is 2.